The van der Waals surface area contributed by atoms with Crippen LogP contribution in [0.5, 0.6) is 11.5 Å². The predicted octanol–water partition coefficient (Wildman–Crippen LogP) is 2.96. The first-order valence-electron chi connectivity index (χ1n) is 6.20. The summed E-state index contributed by atoms with van der Waals surface area (Å²) in [6.45, 7) is 0. The van der Waals surface area contributed by atoms with Gasteiger partial charge in [-0.15, -0.1) is 0 Å². The highest BCUT2D eigenvalue weighted by molar-refractivity contribution is 5.88. The van der Waals surface area contributed by atoms with Gasteiger partial charge in [-0.3, -0.25) is 0 Å². The summed E-state index contributed by atoms with van der Waals surface area (Å²) in [7, 11) is 3.18. The van der Waals surface area contributed by atoms with Crippen LogP contribution in [0.2, 0.25) is 0 Å². The van der Waals surface area contributed by atoms with Crippen LogP contribution in [0.1, 0.15) is 18.5 Å². The molecule has 0 bridgehead atoms. The zero-order chi connectivity index (χ0) is 14.4. The van der Waals surface area contributed by atoms with Crippen LogP contribution < -0.4 is 9.47 Å². The summed E-state index contributed by atoms with van der Waals surface area (Å²) in [6, 6.07) is 5.79. The van der Waals surface area contributed by atoms with Crippen molar-refractivity contribution in [2.24, 2.45) is 0 Å². The van der Waals surface area contributed by atoms with Crippen LogP contribution in [0.25, 0.3) is 17.0 Å². The third kappa shape index (κ3) is 2.86. The Morgan fingerprint density at radius 1 is 1.20 bits per heavy atom. The number of hydrogen-bond donors (Lipinski definition) is 0. The first kappa shape index (κ1) is 13.8. The van der Waals surface area contributed by atoms with Gasteiger partial charge < -0.3 is 9.47 Å². The molecule has 2 aromatic rings. The van der Waals surface area contributed by atoms with Crippen LogP contribution in [0, 0.1) is 11.3 Å². The summed E-state index contributed by atoms with van der Waals surface area (Å²) in [5.41, 5.74) is 1.59. The molecule has 0 radical (unpaired) electrons. The van der Waals surface area contributed by atoms with Crippen LogP contribution in [0.4, 0.5) is 0 Å². The molecular formula is C15H15N3O2. The summed E-state index contributed by atoms with van der Waals surface area (Å²) in [4.78, 5) is 8.50. The summed E-state index contributed by atoms with van der Waals surface area (Å²) < 4.78 is 10.6. The first-order valence-corrected chi connectivity index (χ1v) is 6.20. The second-order valence-corrected chi connectivity index (χ2v) is 4.08. The van der Waals surface area contributed by atoms with Crippen LogP contribution in [-0.2, 0) is 0 Å². The number of allylic oxidation sites excluding steroid dienone is 1. The average molecular weight is 269 g/mol. The fourth-order valence-corrected chi connectivity index (χ4v) is 1.88. The monoisotopic (exact) mass is 269 g/mol. The Balaban J connectivity index is 2.46. The van der Waals surface area contributed by atoms with E-state index in [0.29, 0.717) is 24.3 Å². The van der Waals surface area contributed by atoms with E-state index in [4.69, 9.17) is 14.7 Å². The van der Waals surface area contributed by atoms with Gasteiger partial charge in [0.2, 0.25) is 0 Å². The van der Waals surface area contributed by atoms with E-state index >= 15 is 0 Å². The lowest BCUT2D eigenvalue weighted by atomic mass is 10.1. The van der Waals surface area contributed by atoms with Crippen LogP contribution >= 0.6 is 0 Å². The van der Waals surface area contributed by atoms with Crippen molar-refractivity contribution < 1.29 is 9.47 Å². The second-order valence-electron chi connectivity index (χ2n) is 4.08. The van der Waals surface area contributed by atoms with Crippen molar-refractivity contribution in [3.8, 4) is 17.6 Å². The van der Waals surface area contributed by atoms with Gasteiger partial charge in [0.05, 0.1) is 31.5 Å². The minimum absolute atomic E-state index is 0.497. The Morgan fingerprint density at radius 3 is 2.65 bits per heavy atom. The fourth-order valence-electron chi connectivity index (χ4n) is 1.88. The number of ether oxygens (including phenoxy) is 2. The molecule has 0 aliphatic rings. The number of aromatic nitrogens is 2. The molecule has 0 aliphatic heterocycles. The first-order chi connectivity index (χ1) is 9.80. The van der Waals surface area contributed by atoms with Crippen LogP contribution in [0.15, 0.2) is 24.5 Å². The predicted molar refractivity (Wildman–Crippen MR) is 76.5 cm³/mol. The second kappa shape index (κ2) is 6.53. The van der Waals surface area contributed by atoms with Crippen molar-refractivity contribution in [3.05, 3.63) is 30.2 Å². The number of unbranched alkanes of at least 4 members (excludes halogenated alkanes) is 1. The summed E-state index contributed by atoms with van der Waals surface area (Å²) in [5, 5.41) is 9.41. The Kier molecular flexibility index (Phi) is 4.51. The van der Waals surface area contributed by atoms with E-state index in [-0.39, 0.29) is 0 Å². The molecule has 0 aliphatic carbocycles. The molecule has 0 spiro atoms. The minimum Gasteiger partial charge on any atom is -0.493 e. The Bertz CT molecular complexity index is 675. The standard InChI is InChI=1S/C15H15N3O2/c1-19-14-8-11-12(6-4-3-5-7-16)17-10-18-13(11)9-15(14)20-2/h4,6,8-10H,3,5H2,1-2H3/b6-4+. The Hall–Kier alpha value is -2.61. The topological polar surface area (TPSA) is 68.0 Å². The molecule has 5 heteroatoms. The maximum atomic E-state index is 8.52. The lowest BCUT2D eigenvalue weighted by Gasteiger charge is -2.09. The maximum Gasteiger partial charge on any atom is 0.162 e. The summed E-state index contributed by atoms with van der Waals surface area (Å²) >= 11 is 0. The van der Waals surface area contributed by atoms with Gasteiger partial charge in [0.15, 0.2) is 11.5 Å². The molecule has 2 rings (SSSR count). The largest absolute Gasteiger partial charge is 0.493 e. The highest BCUT2D eigenvalue weighted by Gasteiger charge is 2.09. The molecule has 1 heterocycles. The van der Waals surface area contributed by atoms with E-state index in [0.717, 1.165) is 16.6 Å². The van der Waals surface area contributed by atoms with Gasteiger partial charge in [0.1, 0.15) is 6.33 Å². The van der Waals surface area contributed by atoms with Gasteiger partial charge in [0.25, 0.3) is 0 Å². The third-order valence-electron chi connectivity index (χ3n) is 2.87. The molecule has 0 N–H and O–H groups in total. The highest BCUT2D eigenvalue weighted by atomic mass is 16.5. The summed E-state index contributed by atoms with van der Waals surface area (Å²) in [6.07, 6.45) is 6.54. The van der Waals surface area contributed by atoms with E-state index in [9.17, 15) is 0 Å². The Morgan fingerprint density at radius 2 is 1.95 bits per heavy atom. The number of nitriles is 1. The van der Waals surface area contributed by atoms with Gasteiger partial charge >= 0.3 is 0 Å². The van der Waals surface area contributed by atoms with Crippen molar-refractivity contribution in [1.82, 2.24) is 9.97 Å². The summed E-state index contributed by atoms with van der Waals surface area (Å²) in [5.74, 6) is 1.28. The SMILES string of the molecule is COc1cc2ncnc(/C=C/CCC#N)c2cc1OC. The lowest BCUT2D eigenvalue weighted by Crippen LogP contribution is -1.94. The van der Waals surface area contributed by atoms with Crippen molar-refractivity contribution in [2.45, 2.75) is 12.8 Å². The zero-order valence-corrected chi connectivity index (χ0v) is 11.5. The number of hydrogen-bond acceptors (Lipinski definition) is 5. The minimum atomic E-state index is 0.497. The number of methoxy groups -OCH3 is 2. The van der Waals surface area contributed by atoms with Gasteiger partial charge in [-0.25, -0.2) is 9.97 Å². The molecule has 102 valence electrons. The molecule has 0 saturated carbocycles. The van der Waals surface area contributed by atoms with Crippen LogP contribution in [-0.4, -0.2) is 24.2 Å². The smallest absolute Gasteiger partial charge is 0.162 e. The van der Waals surface area contributed by atoms with E-state index < -0.39 is 0 Å². The molecule has 1 aromatic heterocycles. The van der Waals surface area contributed by atoms with Crippen molar-refractivity contribution in [2.75, 3.05) is 14.2 Å². The van der Waals surface area contributed by atoms with Gasteiger partial charge in [-0.1, -0.05) is 6.08 Å². The van der Waals surface area contributed by atoms with Crippen molar-refractivity contribution in [3.63, 3.8) is 0 Å². The third-order valence-corrected chi connectivity index (χ3v) is 2.87. The molecule has 1 aromatic carbocycles. The molecule has 5 nitrogen and oxygen atoms in total. The molecule has 0 unspecified atom stereocenters. The quantitative estimate of drug-likeness (QED) is 0.780. The number of nitrogens with zero attached hydrogens (tertiary/aromatic N) is 3. The van der Waals surface area contributed by atoms with Crippen molar-refractivity contribution in [1.29, 1.82) is 5.26 Å². The van der Waals surface area contributed by atoms with E-state index in [2.05, 4.69) is 16.0 Å². The van der Waals surface area contributed by atoms with E-state index in [1.807, 2.05) is 24.3 Å². The van der Waals surface area contributed by atoms with Crippen LogP contribution in [0.3, 0.4) is 0 Å². The fraction of sp³-hybridized carbons (Fsp3) is 0.267. The van der Waals surface area contributed by atoms with Gasteiger partial charge in [-0.2, -0.15) is 5.26 Å². The van der Waals surface area contributed by atoms with E-state index in [1.165, 1.54) is 6.33 Å². The molecule has 0 atom stereocenters. The molecule has 0 saturated heterocycles. The van der Waals surface area contributed by atoms with Gasteiger partial charge in [0, 0.05) is 17.9 Å². The average Bonchev–Trinajstić information content (AvgIpc) is 2.50. The van der Waals surface area contributed by atoms with Crippen molar-refractivity contribution >= 4 is 17.0 Å². The highest BCUT2D eigenvalue weighted by Crippen LogP contribution is 2.32. The maximum absolute atomic E-state index is 8.52. The molecular weight excluding hydrogens is 254 g/mol. The molecule has 0 amide bonds. The molecule has 0 fully saturated rings. The Labute approximate surface area is 117 Å². The van der Waals surface area contributed by atoms with E-state index in [1.54, 1.807) is 14.2 Å². The lowest BCUT2D eigenvalue weighted by molar-refractivity contribution is 0.356. The number of rotatable bonds is 5. The zero-order valence-electron chi connectivity index (χ0n) is 11.5. The number of benzene rings is 1. The number of fused-ring (bicyclic) bond motifs is 1. The molecule has 20 heavy (non-hydrogen) atoms. The normalized spacial score (nSPS) is 10.7. The van der Waals surface area contributed by atoms with Gasteiger partial charge in [-0.05, 0) is 18.6 Å².